The highest BCUT2D eigenvalue weighted by Crippen LogP contribution is 2.23. The van der Waals surface area contributed by atoms with Crippen molar-refractivity contribution in [2.75, 3.05) is 31.5 Å². The molecular weight excluding hydrogens is 370 g/mol. The van der Waals surface area contributed by atoms with Gasteiger partial charge in [0.05, 0.1) is 16.1 Å². The van der Waals surface area contributed by atoms with Crippen LogP contribution in [0.25, 0.3) is 0 Å². The molecule has 2 aromatic carbocycles. The minimum absolute atomic E-state index is 0.0118. The van der Waals surface area contributed by atoms with Gasteiger partial charge in [-0.15, -0.1) is 11.3 Å². The van der Waals surface area contributed by atoms with E-state index < -0.39 is 0 Å². The summed E-state index contributed by atoms with van der Waals surface area (Å²) in [5.41, 5.74) is 2.37. The largest absolute Gasteiger partial charge is 0.355 e. The highest BCUT2D eigenvalue weighted by molar-refractivity contribution is 7.12. The summed E-state index contributed by atoms with van der Waals surface area (Å²) in [5, 5.41) is 5.23. The lowest BCUT2D eigenvalue weighted by atomic mass is 10.1. The van der Waals surface area contributed by atoms with Gasteiger partial charge in [-0.3, -0.25) is 9.59 Å². The number of hydrogen-bond acceptors (Lipinski definition) is 4. The van der Waals surface area contributed by atoms with E-state index in [1.165, 1.54) is 11.3 Å². The molecule has 2 amide bonds. The molecule has 2 heterocycles. The Labute approximate surface area is 168 Å². The zero-order chi connectivity index (χ0) is 19.3. The number of nitrogens with zero attached hydrogens (tertiary/aromatic N) is 2. The molecule has 0 unspecified atom stereocenters. The lowest BCUT2D eigenvalue weighted by Gasteiger charge is -2.35. The van der Waals surface area contributed by atoms with Crippen LogP contribution in [0, 0.1) is 0 Å². The first-order chi connectivity index (χ1) is 13.7. The Bertz CT molecular complexity index is 949. The number of thiophene rings is 1. The molecule has 1 aliphatic heterocycles. The van der Waals surface area contributed by atoms with Crippen molar-refractivity contribution >= 4 is 34.5 Å². The molecule has 0 atom stereocenters. The van der Waals surface area contributed by atoms with E-state index in [4.69, 9.17) is 0 Å². The number of nitrogens with one attached hydrogen (secondary N) is 1. The summed E-state index contributed by atoms with van der Waals surface area (Å²) in [6.07, 6.45) is 0. The number of hydrogen-bond donors (Lipinski definition) is 1. The van der Waals surface area contributed by atoms with E-state index in [-0.39, 0.29) is 11.8 Å². The summed E-state index contributed by atoms with van der Waals surface area (Å²) in [4.78, 5) is 30.0. The van der Waals surface area contributed by atoms with Crippen LogP contribution in [0.15, 0.2) is 72.1 Å². The Kier molecular flexibility index (Phi) is 5.39. The molecule has 4 rings (SSSR count). The summed E-state index contributed by atoms with van der Waals surface area (Å²) >= 11 is 1.45. The first-order valence-corrected chi connectivity index (χ1v) is 10.1. The Morgan fingerprint density at radius 3 is 2.07 bits per heavy atom. The monoisotopic (exact) mass is 391 g/mol. The number of carbonyl (C=O) groups excluding carboxylic acids is 2. The molecule has 1 aromatic heterocycles. The molecule has 0 bridgehead atoms. The van der Waals surface area contributed by atoms with E-state index in [1.54, 1.807) is 0 Å². The highest BCUT2D eigenvalue weighted by atomic mass is 32.1. The van der Waals surface area contributed by atoms with Crippen molar-refractivity contribution in [1.29, 1.82) is 0 Å². The summed E-state index contributed by atoms with van der Waals surface area (Å²) < 4.78 is 0. The van der Waals surface area contributed by atoms with E-state index in [1.807, 2.05) is 81.9 Å². The number of benzene rings is 2. The average Bonchev–Trinajstić information content (AvgIpc) is 3.29. The van der Waals surface area contributed by atoms with Crippen LogP contribution in [0.4, 0.5) is 11.4 Å². The van der Waals surface area contributed by atoms with Gasteiger partial charge in [0.2, 0.25) is 0 Å². The molecule has 3 aromatic rings. The van der Waals surface area contributed by atoms with Crippen LogP contribution < -0.4 is 5.32 Å². The molecule has 142 valence electrons. The molecule has 1 N–H and O–H groups in total. The standard InChI is InChI=1S/C22H21N3O2S/c26-21(18-9-4-5-10-19(18)23-17-7-2-1-3-8-17)24-12-14-25(15-13-24)22(27)20-11-6-16-28-20/h1-11,16,23H,12-15H2. The third-order valence-corrected chi connectivity index (χ3v) is 5.65. The molecule has 1 aliphatic rings. The third kappa shape index (κ3) is 3.92. The molecule has 0 spiro atoms. The number of anilines is 2. The summed E-state index contributed by atoms with van der Waals surface area (Å²) in [6.45, 7) is 2.18. The second-order valence-electron chi connectivity index (χ2n) is 6.60. The van der Waals surface area contributed by atoms with Gasteiger partial charge in [-0.05, 0) is 35.7 Å². The van der Waals surface area contributed by atoms with Gasteiger partial charge in [0.25, 0.3) is 11.8 Å². The molecule has 1 saturated heterocycles. The van der Waals surface area contributed by atoms with Gasteiger partial charge in [-0.2, -0.15) is 0 Å². The van der Waals surface area contributed by atoms with Crippen molar-refractivity contribution in [3.8, 4) is 0 Å². The van der Waals surface area contributed by atoms with Gasteiger partial charge in [-0.25, -0.2) is 0 Å². The minimum atomic E-state index is -0.0118. The third-order valence-electron chi connectivity index (χ3n) is 4.80. The molecule has 5 nitrogen and oxygen atoms in total. The highest BCUT2D eigenvalue weighted by Gasteiger charge is 2.26. The van der Waals surface area contributed by atoms with Crippen LogP contribution in [0.2, 0.25) is 0 Å². The maximum atomic E-state index is 13.1. The molecular formula is C22H21N3O2S. The fourth-order valence-corrected chi connectivity index (χ4v) is 3.99. The van der Waals surface area contributed by atoms with Crippen LogP contribution in [0.1, 0.15) is 20.0 Å². The normalized spacial score (nSPS) is 14.0. The van der Waals surface area contributed by atoms with Crippen LogP contribution in [0.5, 0.6) is 0 Å². The van der Waals surface area contributed by atoms with Crippen molar-refractivity contribution in [3.05, 3.63) is 82.6 Å². The van der Waals surface area contributed by atoms with Crippen molar-refractivity contribution < 1.29 is 9.59 Å². The van der Waals surface area contributed by atoms with Crippen molar-refractivity contribution in [3.63, 3.8) is 0 Å². The zero-order valence-electron chi connectivity index (χ0n) is 15.4. The number of carbonyl (C=O) groups is 2. The SMILES string of the molecule is O=C(c1cccs1)N1CCN(C(=O)c2ccccc2Nc2ccccc2)CC1. The average molecular weight is 391 g/mol. The summed E-state index contributed by atoms with van der Waals surface area (Å²) in [7, 11) is 0. The molecule has 0 aliphatic carbocycles. The van der Waals surface area contributed by atoms with Crippen molar-refractivity contribution in [1.82, 2.24) is 9.80 Å². The zero-order valence-corrected chi connectivity index (χ0v) is 16.2. The maximum Gasteiger partial charge on any atom is 0.264 e. The number of para-hydroxylation sites is 2. The first kappa shape index (κ1) is 18.3. The van der Waals surface area contributed by atoms with Gasteiger partial charge < -0.3 is 15.1 Å². The lowest BCUT2D eigenvalue weighted by Crippen LogP contribution is -2.50. The Balaban J connectivity index is 1.44. The van der Waals surface area contributed by atoms with Gasteiger partial charge in [-0.1, -0.05) is 36.4 Å². The minimum Gasteiger partial charge on any atom is -0.355 e. The predicted octanol–water partition coefficient (Wildman–Crippen LogP) is 4.09. The van der Waals surface area contributed by atoms with Crippen LogP contribution in [0.3, 0.4) is 0 Å². The topological polar surface area (TPSA) is 52.7 Å². The quantitative estimate of drug-likeness (QED) is 0.729. The Morgan fingerprint density at radius 2 is 1.39 bits per heavy atom. The van der Waals surface area contributed by atoms with Crippen molar-refractivity contribution in [2.45, 2.75) is 0 Å². The van der Waals surface area contributed by atoms with E-state index in [0.717, 1.165) is 16.3 Å². The fraction of sp³-hybridized carbons (Fsp3) is 0.182. The number of rotatable bonds is 4. The van der Waals surface area contributed by atoms with E-state index in [2.05, 4.69) is 5.32 Å². The predicted molar refractivity (Wildman–Crippen MR) is 112 cm³/mol. The number of piperazine rings is 1. The van der Waals surface area contributed by atoms with Gasteiger partial charge >= 0.3 is 0 Å². The molecule has 0 saturated carbocycles. The number of amides is 2. The van der Waals surface area contributed by atoms with E-state index >= 15 is 0 Å². The smallest absolute Gasteiger partial charge is 0.264 e. The molecule has 6 heteroatoms. The maximum absolute atomic E-state index is 13.1. The summed E-state index contributed by atoms with van der Waals surface area (Å²) in [6, 6.07) is 21.1. The molecule has 1 fully saturated rings. The van der Waals surface area contributed by atoms with Crippen LogP contribution in [-0.4, -0.2) is 47.8 Å². The van der Waals surface area contributed by atoms with E-state index in [9.17, 15) is 9.59 Å². The summed E-state index contributed by atoms with van der Waals surface area (Å²) in [5.74, 6) is 0.0375. The van der Waals surface area contributed by atoms with E-state index in [0.29, 0.717) is 31.7 Å². The fourth-order valence-electron chi connectivity index (χ4n) is 3.29. The second kappa shape index (κ2) is 8.27. The van der Waals surface area contributed by atoms with Gasteiger partial charge in [0, 0.05) is 31.9 Å². The lowest BCUT2D eigenvalue weighted by molar-refractivity contribution is 0.0538. The molecule has 0 radical (unpaired) electrons. The van der Waals surface area contributed by atoms with Crippen LogP contribution >= 0.6 is 11.3 Å². The second-order valence-corrected chi connectivity index (χ2v) is 7.55. The Hall–Kier alpha value is -3.12. The van der Waals surface area contributed by atoms with Crippen LogP contribution in [-0.2, 0) is 0 Å². The Morgan fingerprint density at radius 1 is 0.750 bits per heavy atom. The van der Waals surface area contributed by atoms with Gasteiger partial charge in [0.1, 0.15) is 0 Å². The van der Waals surface area contributed by atoms with Gasteiger partial charge in [0.15, 0.2) is 0 Å². The first-order valence-electron chi connectivity index (χ1n) is 9.25. The van der Waals surface area contributed by atoms with Crippen molar-refractivity contribution in [2.24, 2.45) is 0 Å². The molecule has 28 heavy (non-hydrogen) atoms.